The van der Waals surface area contributed by atoms with E-state index in [1.807, 2.05) is 5.34 Å². The third-order valence-corrected chi connectivity index (χ3v) is 0.418. The van der Waals surface area contributed by atoms with Gasteiger partial charge >= 0.3 is 0 Å². The monoisotopic (exact) mass is 120 g/mol. The predicted octanol–water partition coefficient (Wildman–Crippen LogP) is -0.0389. The van der Waals surface area contributed by atoms with Gasteiger partial charge in [0.25, 0.3) is 0 Å². The van der Waals surface area contributed by atoms with E-state index in [1.165, 1.54) is 0 Å². The van der Waals surface area contributed by atoms with E-state index < -0.39 is 4.92 Å². The summed E-state index contributed by atoms with van der Waals surface area (Å²) < 4.78 is 0. The van der Waals surface area contributed by atoms with Crippen LogP contribution < -0.4 is 0 Å². The zero-order valence-electron chi connectivity index (χ0n) is 3.94. The Bertz CT molecular complexity index is 92.0. The Hall–Kier alpha value is -1.20. The molecule has 0 spiro atoms. The first-order valence-electron chi connectivity index (χ1n) is 1.84. The minimum Gasteiger partial charge on any atom is -0.357 e. The van der Waals surface area contributed by atoms with E-state index in [1.54, 1.807) is 0 Å². The highest BCUT2D eigenvalue weighted by Gasteiger charge is 1.94. The number of nitro groups is 1. The first-order chi connectivity index (χ1) is 3.77. The fourth-order valence-electron chi connectivity index (χ4n) is 0.153. The van der Waals surface area contributed by atoms with Crippen molar-refractivity contribution in [3.05, 3.63) is 15.0 Å². The van der Waals surface area contributed by atoms with Crippen LogP contribution in [0.15, 0.2) is 5.34 Å². The fraction of sp³-hybridized carbons (Fsp3) is 1.00. The Kier molecular flexibility index (Phi) is 3.38. The summed E-state index contributed by atoms with van der Waals surface area (Å²) in [6.07, 6.45) is 0. The number of nitrogens with zero attached hydrogens (tertiary/aromatic N) is 2. The van der Waals surface area contributed by atoms with Gasteiger partial charge in [-0.2, -0.15) is 0 Å². The molecule has 0 saturated heterocycles. The topological polar surface area (TPSA) is 81.8 Å². The van der Waals surface area contributed by atoms with Crippen LogP contribution >= 0.6 is 0 Å². The van der Waals surface area contributed by atoms with Crippen molar-refractivity contribution < 1.29 is 9.76 Å². The average molecular weight is 120 g/mol. The first kappa shape index (κ1) is 6.80. The van der Waals surface area contributed by atoms with Gasteiger partial charge in [-0.1, -0.05) is 0 Å². The molecule has 0 aromatic heterocycles. The van der Waals surface area contributed by atoms with Crippen LogP contribution in [0.1, 0.15) is 0 Å². The predicted molar refractivity (Wildman–Crippen MR) is 23.6 cm³/mol. The van der Waals surface area contributed by atoms with Crippen molar-refractivity contribution in [1.82, 2.24) is 0 Å². The van der Waals surface area contributed by atoms with Crippen LogP contribution in [0.2, 0.25) is 0 Å². The second-order valence-electron chi connectivity index (χ2n) is 0.964. The quantitative estimate of drug-likeness (QED) is 0.225. The molecule has 0 saturated carbocycles. The molecule has 0 radical (unpaired) electrons. The van der Waals surface area contributed by atoms with Gasteiger partial charge in [-0.3, -0.25) is 10.1 Å². The van der Waals surface area contributed by atoms with Crippen LogP contribution in [0.4, 0.5) is 0 Å². The zero-order valence-corrected chi connectivity index (χ0v) is 3.94. The molecule has 6 nitrogen and oxygen atoms in total. The lowest BCUT2D eigenvalue weighted by Gasteiger charge is -1.86. The molecular formula is C2H4N2O4. The molecule has 8 heavy (non-hydrogen) atoms. The molecule has 0 heterocycles. The maximum Gasteiger partial charge on any atom is 0.240 e. The van der Waals surface area contributed by atoms with E-state index >= 15 is 0 Å². The summed E-state index contributed by atoms with van der Waals surface area (Å²) in [5.41, 5.74) is 0. The van der Waals surface area contributed by atoms with Crippen LogP contribution in [0, 0.1) is 15.0 Å². The van der Waals surface area contributed by atoms with Gasteiger partial charge in [-0.25, -0.2) is 0 Å². The molecule has 0 aliphatic heterocycles. The Morgan fingerprint density at radius 1 is 1.75 bits per heavy atom. The SMILES string of the molecule is O=NOCC[N+](=O)[O-]. The standard InChI is InChI=1S/C2H4N2O4/c5-3-8-2-1-4(6)7/h1-2H2. The Balaban J connectivity index is 2.93. The molecular weight excluding hydrogens is 116 g/mol. The number of hydrogen-bond donors (Lipinski definition) is 0. The van der Waals surface area contributed by atoms with Gasteiger partial charge in [0.15, 0.2) is 11.9 Å². The van der Waals surface area contributed by atoms with E-state index in [0.29, 0.717) is 0 Å². The summed E-state index contributed by atoms with van der Waals surface area (Å²) in [7, 11) is 0. The molecule has 0 rings (SSSR count). The minimum absolute atomic E-state index is 0.253. The summed E-state index contributed by atoms with van der Waals surface area (Å²) in [5.74, 6) is 0. The van der Waals surface area contributed by atoms with Gasteiger partial charge < -0.3 is 4.84 Å². The normalized spacial score (nSPS) is 8.00. The second-order valence-corrected chi connectivity index (χ2v) is 0.964. The molecule has 0 atom stereocenters. The molecule has 46 valence electrons. The van der Waals surface area contributed by atoms with Crippen molar-refractivity contribution in [3.63, 3.8) is 0 Å². The van der Waals surface area contributed by atoms with E-state index in [-0.39, 0.29) is 13.2 Å². The lowest BCUT2D eigenvalue weighted by atomic mass is 10.7. The molecule has 0 unspecified atom stereocenters. The summed E-state index contributed by atoms with van der Waals surface area (Å²) in [4.78, 5) is 21.7. The molecule has 6 heteroatoms. The fourth-order valence-corrected chi connectivity index (χ4v) is 0.153. The highest BCUT2D eigenvalue weighted by Crippen LogP contribution is 1.73. The molecule has 0 aliphatic carbocycles. The van der Waals surface area contributed by atoms with Crippen LogP contribution in [0.25, 0.3) is 0 Å². The summed E-state index contributed by atoms with van der Waals surface area (Å²) in [6.45, 7) is -0.637. The van der Waals surface area contributed by atoms with Gasteiger partial charge in [0.05, 0.1) is 0 Å². The van der Waals surface area contributed by atoms with Crippen molar-refractivity contribution in [3.8, 4) is 0 Å². The van der Waals surface area contributed by atoms with Crippen molar-refractivity contribution >= 4 is 0 Å². The highest BCUT2D eigenvalue weighted by molar-refractivity contribution is 4.21. The van der Waals surface area contributed by atoms with Gasteiger partial charge in [0.1, 0.15) is 0 Å². The Morgan fingerprint density at radius 3 is 2.75 bits per heavy atom. The number of hydrogen-bond acceptors (Lipinski definition) is 5. The van der Waals surface area contributed by atoms with Crippen molar-refractivity contribution in [2.45, 2.75) is 0 Å². The van der Waals surface area contributed by atoms with Crippen molar-refractivity contribution in [2.24, 2.45) is 5.34 Å². The maximum absolute atomic E-state index is 9.46. The lowest BCUT2D eigenvalue weighted by Crippen LogP contribution is -2.05. The van der Waals surface area contributed by atoms with E-state index in [4.69, 9.17) is 4.91 Å². The van der Waals surface area contributed by atoms with Crippen LogP contribution in [-0.4, -0.2) is 18.1 Å². The summed E-state index contributed by atoms with van der Waals surface area (Å²) in [5, 5.41) is 11.4. The van der Waals surface area contributed by atoms with E-state index in [2.05, 4.69) is 4.84 Å². The minimum atomic E-state index is -0.592. The average Bonchev–Trinajstić information content (AvgIpc) is 1.66. The van der Waals surface area contributed by atoms with Gasteiger partial charge in [0, 0.05) is 4.92 Å². The van der Waals surface area contributed by atoms with Crippen LogP contribution in [0.3, 0.4) is 0 Å². The molecule has 0 amide bonds. The van der Waals surface area contributed by atoms with Gasteiger partial charge in [0.2, 0.25) is 6.54 Å². The third-order valence-electron chi connectivity index (χ3n) is 0.418. The molecule has 0 aromatic rings. The maximum atomic E-state index is 9.46. The first-order valence-corrected chi connectivity index (χ1v) is 1.84. The molecule has 0 fully saturated rings. The van der Waals surface area contributed by atoms with Crippen LogP contribution in [-0.2, 0) is 4.84 Å². The largest absolute Gasteiger partial charge is 0.357 e. The smallest absolute Gasteiger partial charge is 0.240 e. The van der Waals surface area contributed by atoms with Crippen molar-refractivity contribution in [2.75, 3.05) is 13.2 Å². The zero-order chi connectivity index (χ0) is 6.41. The Morgan fingerprint density at radius 2 is 2.38 bits per heavy atom. The van der Waals surface area contributed by atoms with Crippen molar-refractivity contribution in [1.29, 1.82) is 0 Å². The summed E-state index contributed by atoms with van der Waals surface area (Å²) >= 11 is 0. The molecule has 0 bridgehead atoms. The molecule has 0 aliphatic rings. The Labute approximate surface area is 44.5 Å². The lowest BCUT2D eigenvalue weighted by molar-refractivity contribution is -0.483. The summed E-state index contributed by atoms with van der Waals surface area (Å²) in [6, 6.07) is 0. The van der Waals surface area contributed by atoms with E-state index in [0.717, 1.165) is 0 Å². The van der Waals surface area contributed by atoms with Gasteiger partial charge in [-0.15, -0.1) is 4.91 Å². The highest BCUT2D eigenvalue weighted by atomic mass is 16.7. The van der Waals surface area contributed by atoms with Crippen LogP contribution in [0.5, 0.6) is 0 Å². The van der Waals surface area contributed by atoms with E-state index in [9.17, 15) is 10.1 Å². The molecule has 0 N–H and O–H groups in total. The number of rotatable bonds is 4. The third kappa shape index (κ3) is 4.80. The second kappa shape index (κ2) is 3.97. The van der Waals surface area contributed by atoms with Gasteiger partial charge in [-0.05, 0) is 0 Å². The molecule has 0 aromatic carbocycles.